The maximum Gasteiger partial charge on any atom is 0.303 e. The predicted molar refractivity (Wildman–Crippen MR) is 103 cm³/mol. The highest BCUT2D eigenvalue weighted by Gasteiger charge is 2.48. The number of esters is 3. The van der Waals surface area contributed by atoms with Gasteiger partial charge in [-0.05, 0) is 38.2 Å². The van der Waals surface area contributed by atoms with Crippen LogP contribution >= 0.6 is 0 Å². The van der Waals surface area contributed by atoms with E-state index in [0.29, 0.717) is 0 Å². The minimum Gasteiger partial charge on any atom is -0.456 e. The second-order valence-electron chi connectivity index (χ2n) is 7.59. The summed E-state index contributed by atoms with van der Waals surface area (Å²) in [4.78, 5) is 34.8. The van der Waals surface area contributed by atoms with Gasteiger partial charge in [0.1, 0.15) is 0 Å². The van der Waals surface area contributed by atoms with E-state index < -0.39 is 42.5 Å². The Bertz CT molecular complexity index is 682. The molecule has 0 aromatic rings. The molecule has 1 heterocycles. The molecule has 0 spiro atoms. The van der Waals surface area contributed by atoms with Crippen LogP contribution in [0.5, 0.6) is 0 Å². The molecule has 162 valence electrons. The van der Waals surface area contributed by atoms with Crippen molar-refractivity contribution in [1.82, 2.24) is 0 Å². The van der Waals surface area contributed by atoms with Crippen molar-refractivity contribution in [1.29, 1.82) is 0 Å². The van der Waals surface area contributed by atoms with Crippen LogP contribution in [0.1, 0.15) is 47.5 Å². The molecule has 29 heavy (non-hydrogen) atoms. The van der Waals surface area contributed by atoms with Gasteiger partial charge >= 0.3 is 17.9 Å². The van der Waals surface area contributed by atoms with Crippen molar-refractivity contribution < 1.29 is 38.1 Å². The van der Waals surface area contributed by atoms with Gasteiger partial charge in [0.05, 0.1) is 12.7 Å². The molecular formula is C21H30O8. The molecule has 2 rings (SSSR count). The summed E-state index contributed by atoms with van der Waals surface area (Å²) in [6.45, 7) is 11.6. The number of hydrogen-bond acceptors (Lipinski definition) is 8. The lowest BCUT2D eigenvalue weighted by Crippen LogP contribution is -2.58. The number of carbonyl (C=O) groups excluding carboxylic acids is 3. The first kappa shape index (κ1) is 23.1. The Morgan fingerprint density at radius 3 is 2.14 bits per heavy atom. The van der Waals surface area contributed by atoms with Crippen molar-refractivity contribution in [2.75, 3.05) is 6.61 Å². The lowest BCUT2D eigenvalue weighted by atomic mass is 9.84. The topological polar surface area (TPSA) is 97.4 Å². The summed E-state index contributed by atoms with van der Waals surface area (Å²) in [6.07, 6.45) is -0.560. The van der Waals surface area contributed by atoms with Gasteiger partial charge in [-0.25, -0.2) is 0 Å². The zero-order valence-electron chi connectivity index (χ0n) is 17.6. The number of ether oxygens (including phenoxy) is 5. The highest BCUT2D eigenvalue weighted by atomic mass is 16.7. The smallest absolute Gasteiger partial charge is 0.303 e. The third kappa shape index (κ3) is 6.40. The molecule has 1 fully saturated rings. The van der Waals surface area contributed by atoms with Crippen LogP contribution in [-0.4, -0.2) is 55.2 Å². The molecule has 0 saturated carbocycles. The molecule has 8 nitrogen and oxygen atoms in total. The molecule has 0 N–H and O–H groups in total. The van der Waals surface area contributed by atoms with E-state index in [1.165, 1.54) is 20.8 Å². The predicted octanol–water partition coefficient (Wildman–Crippen LogP) is 2.46. The average Bonchev–Trinajstić information content (AvgIpc) is 2.60. The fourth-order valence-corrected chi connectivity index (χ4v) is 3.55. The average molecular weight is 410 g/mol. The van der Waals surface area contributed by atoms with Crippen LogP contribution in [0.4, 0.5) is 0 Å². The van der Waals surface area contributed by atoms with Crippen LogP contribution in [0.3, 0.4) is 0 Å². The van der Waals surface area contributed by atoms with Crippen LogP contribution in [-0.2, 0) is 38.1 Å². The van der Waals surface area contributed by atoms with E-state index in [4.69, 9.17) is 23.7 Å². The van der Waals surface area contributed by atoms with E-state index >= 15 is 0 Å². The molecular weight excluding hydrogens is 380 g/mol. The molecule has 1 aliphatic carbocycles. The van der Waals surface area contributed by atoms with Gasteiger partial charge in [0.2, 0.25) is 0 Å². The van der Waals surface area contributed by atoms with Crippen LogP contribution in [0.25, 0.3) is 0 Å². The van der Waals surface area contributed by atoms with Crippen molar-refractivity contribution in [3.05, 3.63) is 23.8 Å². The second-order valence-corrected chi connectivity index (χ2v) is 7.59. The van der Waals surface area contributed by atoms with Gasteiger partial charge in [-0.15, -0.1) is 0 Å². The quantitative estimate of drug-likeness (QED) is 0.374. The Morgan fingerprint density at radius 2 is 1.59 bits per heavy atom. The highest BCUT2D eigenvalue weighted by Crippen LogP contribution is 2.33. The van der Waals surface area contributed by atoms with Crippen molar-refractivity contribution in [3.8, 4) is 0 Å². The monoisotopic (exact) mass is 410 g/mol. The highest BCUT2D eigenvalue weighted by molar-refractivity contribution is 5.68. The molecule has 6 atom stereocenters. The molecule has 2 aliphatic rings. The molecule has 2 unspecified atom stereocenters. The first-order valence-electron chi connectivity index (χ1n) is 9.69. The maximum atomic E-state index is 11.7. The summed E-state index contributed by atoms with van der Waals surface area (Å²) in [5.41, 5.74) is 2.11. The van der Waals surface area contributed by atoms with E-state index in [1.54, 1.807) is 0 Å². The summed E-state index contributed by atoms with van der Waals surface area (Å²) in [5, 5.41) is 0. The second kappa shape index (κ2) is 10.0. The van der Waals surface area contributed by atoms with Crippen LogP contribution < -0.4 is 0 Å². The van der Waals surface area contributed by atoms with E-state index in [1.807, 2.05) is 13.8 Å². The first-order chi connectivity index (χ1) is 13.6. The number of carbonyl (C=O) groups is 3. The molecule has 0 amide bonds. The molecule has 8 heteroatoms. The number of allylic oxidation sites excluding steroid dienone is 2. The minimum atomic E-state index is -1.08. The standard InChI is InChI=1S/C21H30O8/c1-11(2)16-8-7-12(3)17(9-16)29-21-20(28-15(6)24)19(27-14(5)23)18(10-25-21)26-13(4)22/h7,16-21H,1,8-10H2,2-6H3/t16-,17?,18-,19+,20-,21?/m1/s1. The molecule has 1 saturated heterocycles. The van der Waals surface area contributed by atoms with Gasteiger partial charge < -0.3 is 23.7 Å². The maximum absolute atomic E-state index is 11.7. The third-order valence-electron chi connectivity index (χ3n) is 5.03. The van der Waals surface area contributed by atoms with Gasteiger partial charge in [0.25, 0.3) is 0 Å². The summed E-state index contributed by atoms with van der Waals surface area (Å²) in [6, 6.07) is 0. The Kier molecular flexibility index (Phi) is 7.98. The van der Waals surface area contributed by atoms with Gasteiger partial charge in [0, 0.05) is 20.8 Å². The Morgan fingerprint density at radius 1 is 1.00 bits per heavy atom. The third-order valence-corrected chi connectivity index (χ3v) is 5.03. The molecule has 0 radical (unpaired) electrons. The number of rotatable bonds is 6. The van der Waals surface area contributed by atoms with E-state index in [-0.39, 0.29) is 18.6 Å². The lowest BCUT2D eigenvalue weighted by molar-refractivity contribution is -0.289. The van der Waals surface area contributed by atoms with Gasteiger partial charge in [0.15, 0.2) is 24.6 Å². The molecule has 0 aromatic heterocycles. The Balaban J connectivity index is 2.24. The zero-order valence-corrected chi connectivity index (χ0v) is 17.6. The summed E-state index contributed by atoms with van der Waals surface area (Å²) in [5.74, 6) is -1.48. The van der Waals surface area contributed by atoms with Crippen molar-refractivity contribution in [3.63, 3.8) is 0 Å². The van der Waals surface area contributed by atoms with E-state index in [9.17, 15) is 14.4 Å². The number of hydrogen-bond donors (Lipinski definition) is 0. The van der Waals surface area contributed by atoms with E-state index in [2.05, 4.69) is 12.7 Å². The van der Waals surface area contributed by atoms with Gasteiger partial charge in [-0.3, -0.25) is 14.4 Å². The Labute approximate surface area is 171 Å². The van der Waals surface area contributed by atoms with Gasteiger partial charge in [-0.2, -0.15) is 0 Å². The van der Waals surface area contributed by atoms with Crippen molar-refractivity contribution in [2.45, 2.75) is 78.2 Å². The summed E-state index contributed by atoms with van der Waals surface area (Å²) in [7, 11) is 0. The van der Waals surface area contributed by atoms with Crippen molar-refractivity contribution >= 4 is 17.9 Å². The van der Waals surface area contributed by atoms with Crippen LogP contribution in [0.2, 0.25) is 0 Å². The fraction of sp³-hybridized carbons (Fsp3) is 0.667. The van der Waals surface area contributed by atoms with Crippen LogP contribution in [0.15, 0.2) is 23.8 Å². The summed E-state index contributed by atoms with van der Waals surface area (Å²) >= 11 is 0. The first-order valence-corrected chi connectivity index (χ1v) is 9.69. The largest absolute Gasteiger partial charge is 0.456 e. The lowest BCUT2D eigenvalue weighted by Gasteiger charge is -2.42. The van der Waals surface area contributed by atoms with E-state index in [0.717, 1.165) is 24.0 Å². The normalized spacial score (nSPS) is 32.0. The minimum absolute atomic E-state index is 0.0562. The molecule has 1 aliphatic heterocycles. The summed E-state index contributed by atoms with van der Waals surface area (Å²) < 4.78 is 27.8. The molecule has 0 bridgehead atoms. The van der Waals surface area contributed by atoms with Crippen molar-refractivity contribution in [2.24, 2.45) is 5.92 Å². The Hall–Kier alpha value is -2.19. The fourth-order valence-electron chi connectivity index (χ4n) is 3.55. The molecule has 0 aromatic carbocycles. The van der Waals surface area contributed by atoms with Gasteiger partial charge in [-0.1, -0.05) is 18.2 Å². The van der Waals surface area contributed by atoms with Crippen LogP contribution in [0, 0.1) is 5.92 Å². The SMILES string of the molecule is C=C(C)[C@@H]1CC=C(C)C(OC2OC[C@@H](OC(C)=O)[C@H](OC(C)=O)[C@H]2OC(C)=O)C1. The zero-order chi connectivity index (χ0) is 21.7.